The summed E-state index contributed by atoms with van der Waals surface area (Å²) in [4.78, 5) is 14.6. The number of rotatable bonds is 8. The van der Waals surface area contributed by atoms with E-state index >= 15 is 0 Å². The molecule has 3 rings (SSSR count). The fourth-order valence-electron chi connectivity index (χ4n) is 2.61. The molecule has 1 heterocycles. The van der Waals surface area contributed by atoms with Crippen LogP contribution in [0.15, 0.2) is 65.3 Å². The molecule has 3 aromatic rings. The number of benzene rings is 2. The van der Waals surface area contributed by atoms with Crippen molar-refractivity contribution in [2.75, 3.05) is 32.6 Å². The molecule has 0 aliphatic rings. The molecular formula is C21H23BrN4O2. The van der Waals surface area contributed by atoms with E-state index in [0.717, 1.165) is 28.9 Å². The summed E-state index contributed by atoms with van der Waals surface area (Å²) >= 11 is 3.44. The molecule has 0 aliphatic carbocycles. The number of ether oxygens (including phenoxy) is 1. The second-order valence-corrected chi connectivity index (χ2v) is 7.52. The van der Waals surface area contributed by atoms with Gasteiger partial charge in [0.2, 0.25) is 0 Å². The van der Waals surface area contributed by atoms with Crippen LogP contribution in [0.4, 0.5) is 5.69 Å². The summed E-state index contributed by atoms with van der Waals surface area (Å²) in [5, 5.41) is 7.21. The summed E-state index contributed by atoms with van der Waals surface area (Å²) in [6.45, 7) is 1.65. The van der Waals surface area contributed by atoms with E-state index in [4.69, 9.17) is 4.74 Å². The van der Waals surface area contributed by atoms with E-state index in [9.17, 15) is 4.79 Å². The van der Waals surface area contributed by atoms with Gasteiger partial charge in [-0.1, -0.05) is 22.0 Å². The van der Waals surface area contributed by atoms with Crippen molar-refractivity contribution in [3.05, 3.63) is 71.0 Å². The number of hydrogen-bond donors (Lipinski definition) is 1. The standard InChI is InChI=1S/C21H23BrN4O2/c1-25(2)12-4-14-28-19-9-7-17(8-10-19)23-21(27)20-11-13-26(24-20)18-6-3-5-16(22)15-18/h3,5-11,13,15H,4,12,14H2,1-2H3,(H,23,27). The summed E-state index contributed by atoms with van der Waals surface area (Å²) < 4.78 is 8.33. The minimum atomic E-state index is -0.256. The van der Waals surface area contributed by atoms with E-state index in [-0.39, 0.29) is 5.91 Å². The zero-order valence-corrected chi connectivity index (χ0v) is 17.5. The highest BCUT2D eigenvalue weighted by atomic mass is 79.9. The molecule has 1 aromatic heterocycles. The average Bonchev–Trinajstić information content (AvgIpc) is 3.17. The third-order valence-electron chi connectivity index (χ3n) is 4.03. The Morgan fingerprint density at radius 3 is 2.68 bits per heavy atom. The Hall–Kier alpha value is -2.64. The average molecular weight is 443 g/mol. The molecule has 0 unspecified atom stereocenters. The summed E-state index contributed by atoms with van der Waals surface area (Å²) in [7, 11) is 4.08. The molecule has 7 heteroatoms. The summed E-state index contributed by atoms with van der Waals surface area (Å²) in [6.07, 6.45) is 2.73. The van der Waals surface area contributed by atoms with Crippen LogP contribution in [-0.4, -0.2) is 47.8 Å². The molecule has 0 aliphatic heterocycles. The highest BCUT2D eigenvalue weighted by Crippen LogP contribution is 2.18. The molecule has 0 saturated heterocycles. The zero-order valence-electron chi connectivity index (χ0n) is 15.9. The molecular weight excluding hydrogens is 420 g/mol. The first-order valence-electron chi connectivity index (χ1n) is 9.02. The van der Waals surface area contributed by atoms with Gasteiger partial charge in [0.1, 0.15) is 5.75 Å². The Labute approximate surface area is 173 Å². The molecule has 1 N–H and O–H groups in total. The van der Waals surface area contributed by atoms with E-state index in [1.165, 1.54) is 0 Å². The maximum Gasteiger partial charge on any atom is 0.276 e. The van der Waals surface area contributed by atoms with Crippen LogP contribution in [0.2, 0.25) is 0 Å². The van der Waals surface area contributed by atoms with Gasteiger partial charge in [0.25, 0.3) is 5.91 Å². The quantitative estimate of drug-likeness (QED) is 0.530. The van der Waals surface area contributed by atoms with Crippen molar-refractivity contribution in [2.24, 2.45) is 0 Å². The van der Waals surface area contributed by atoms with E-state index in [1.807, 2.05) is 62.6 Å². The van der Waals surface area contributed by atoms with Gasteiger partial charge < -0.3 is 15.0 Å². The highest BCUT2D eigenvalue weighted by Gasteiger charge is 2.11. The first-order valence-corrected chi connectivity index (χ1v) is 9.81. The smallest absolute Gasteiger partial charge is 0.276 e. The lowest BCUT2D eigenvalue weighted by Crippen LogP contribution is -2.15. The summed E-state index contributed by atoms with van der Waals surface area (Å²) in [6, 6.07) is 16.8. The molecule has 146 valence electrons. The Kier molecular flexibility index (Phi) is 6.84. The first kappa shape index (κ1) is 20.1. The fraction of sp³-hybridized carbons (Fsp3) is 0.238. The van der Waals surface area contributed by atoms with Gasteiger partial charge in [-0.2, -0.15) is 5.10 Å². The number of nitrogens with one attached hydrogen (secondary N) is 1. The number of amides is 1. The number of nitrogens with zero attached hydrogens (tertiary/aromatic N) is 3. The molecule has 6 nitrogen and oxygen atoms in total. The second-order valence-electron chi connectivity index (χ2n) is 6.61. The number of carbonyl (C=O) groups is 1. The maximum absolute atomic E-state index is 12.5. The van der Waals surface area contributed by atoms with Gasteiger partial charge in [-0.15, -0.1) is 0 Å². The number of carbonyl (C=O) groups excluding carboxylic acids is 1. The van der Waals surface area contributed by atoms with Gasteiger partial charge in [0.15, 0.2) is 5.69 Å². The van der Waals surface area contributed by atoms with Crippen molar-refractivity contribution < 1.29 is 9.53 Å². The van der Waals surface area contributed by atoms with Crippen molar-refractivity contribution in [2.45, 2.75) is 6.42 Å². The highest BCUT2D eigenvalue weighted by molar-refractivity contribution is 9.10. The molecule has 0 fully saturated rings. The van der Waals surface area contributed by atoms with Crippen LogP contribution in [0, 0.1) is 0 Å². The first-order chi connectivity index (χ1) is 13.5. The normalized spacial score (nSPS) is 10.9. The Morgan fingerprint density at radius 2 is 1.96 bits per heavy atom. The summed E-state index contributed by atoms with van der Waals surface area (Å²) in [5.74, 6) is 0.532. The number of anilines is 1. The number of hydrogen-bond acceptors (Lipinski definition) is 4. The van der Waals surface area contributed by atoms with Gasteiger partial charge >= 0.3 is 0 Å². The van der Waals surface area contributed by atoms with Gasteiger partial charge in [-0.3, -0.25) is 4.79 Å². The van der Waals surface area contributed by atoms with Crippen molar-refractivity contribution in [1.82, 2.24) is 14.7 Å². The zero-order chi connectivity index (χ0) is 19.9. The van der Waals surface area contributed by atoms with Gasteiger partial charge in [0, 0.05) is 22.9 Å². The van der Waals surface area contributed by atoms with Crippen molar-refractivity contribution in [3.8, 4) is 11.4 Å². The van der Waals surface area contributed by atoms with E-state index in [2.05, 4.69) is 31.2 Å². The minimum Gasteiger partial charge on any atom is -0.494 e. The maximum atomic E-state index is 12.5. The SMILES string of the molecule is CN(C)CCCOc1ccc(NC(=O)c2ccn(-c3cccc(Br)c3)n2)cc1. The number of halogens is 1. The molecule has 0 radical (unpaired) electrons. The predicted molar refractivity (Wildman–Crippen MR) is 114 cm³/mol. The van der Waals surface area contributed by atoms with E-state index in [1.54, 1.807) is 16.9 Å². The van der Waals surface area contributed by atoms with E-state index in [0.29, 0.717) is 18.0 Å². The van der Waals surface area contributed by atoms with Gasteiger partial charge in [-0.25, -0.2) is 4.68 Å². The molecule has 28 heavy (non-hydrogen) atoms. The number of aromatic nitrogens is 2. The summed E-state index contributed by atoms with van der Waals surface area (Å²) in [5.41, 5.74) is 1.93. The monoisotopic (exact) mass is 442 g/mol. The molecule has 0 atom stereocenters. The molecule has 0 spiro atoms. The van der Waals surface area contributed by atoms with Crippen molar-refractivity contribution in [3.63, 3.8) is 0 Å². The van der Waals surface area contributed by atoms with Crippen LogP contribution in [0.1, 0.15) is 16.9 Å². The van der Waals surface area contributed by atoms with Crippen LogP contribution < -0.4 is 10.1 Å². The van der Waals surface area contributed by atoms with E-state index < -0.39 is 0 Å². The van der Waals surface area contributed by atoms with Crippen LogP contribution in [0.5, 0.6) is 5.75 Å². The third-order valence-corrected chi connectivity index (χ3v) is 4.52. The molecule has 0 saturated carbocycles. The van der Waals surface area contributed by atoms with Crippen LogP contribution >= 0.6 is 15.9 Å². The van der Waals surface area contributed by atoms with Crippen LogP contribution in [-0.2, 0) is 0 Å². The lowest BCUT2D eigenvalue weighted by Gasteiger charge is -2.10. The fourth-order valence-corrected chi connectivity index (χ4v) is 3.00. The Balaban J connectivity index is 1.56. The minimum absolute atomic E-state index is 0.256. The molecule has 2 aromatic carbocycles. The van der Waals surface area contributed by atoms with Crippen molar-refractivity contribution in [1.29, 1.82) is 0 Å². The lowest BCUT2D eigenvalue weighted by molar-refractivity contribution is 0.102. The predicted octanol–water partition coefficient (Wildman–Crippen LogP) is 4.22. The van der Waals surface area contributed by atoms with Crippen molar-refractivity contribution >= 4 is 27.5 Å². The molecule has 0 bridgehead atoms. The molecule has 1 amide bonds. The van der Waals surface area contributed by atoms with Crippen LogP contribution in [0.25, 0.3) is 5.69 Å². The Bertz CT molecular complexity index is 922. The van der Waals surface area contributed by atoms with Gasteiger partial charge in [-0.05, 0) is 69.0 Å². The third kappa shape index (κ3) is 5.68. The largest absolute Gasteiger partial charge is 0.494 e. The van der Waals surface area contributed by atoms with Crippen LogP contribution in [0.3, 0.4) is 0 Å². The second kappa shape index (κ2) is 9.52. The Morgan fingerprint density at radius 1 is 1.18 bits per heavy atom. The lowest BCUT2D eigenvalue weighted by atomic mass is 10.3. The van der Waals surface area contributed by atoms with Gasteiger partial charge in [0.05, 0.1) is 12.3 Å². The topological polar surface area (TPSA) is 59.4 Å².